The first-order valence-electron chi connectivity index (χ1n) is 8.32. The van der Waals surface area contributed by atoms with Crippen LogP contribution in [0, 0.1) is 0 Å². The van der Waals surface area contributed by atoms with E-state index in [-0.39, 0.29) is 4.90 Å². The highest BCUT2D eigenvalue weighted by Crippen LogP contribution is 2.36. The van der Waals surface area contributed by atoms with Gasteiger partial charge in [-0.05, 0) is 47.6 Å². The second kappa shape index (κ2) is 6.21. The Hall–Kier alpha value is -2.73. The average Bonchev–Trinajstić information content (AvgIpc) is 3.08. The number of methoxy groups -OCH3 is 2. The van der Waals surface area contributed by atoms with Crippen LogP contribution in [0.25, 0.3) is 10.8 Å². The van der Waals surface area contributed by atoms with Gasteiger partial charge in [0, 0.05) is 11.5 Å². The molecule has 1 aliphatic rings. The lowest BCUT2D eigenvalue weighted by Gasteiger charge is -2.14. The third kappa shape index (κ3) is 2.66. The van der Waals surface area contributed by atoms with Crippen molar-refractivity contribution < 1.29 is 17.9 Å². The Morgan fingerprint density at radius 1 is 0.885 bits per heavy atom. The van der Waals surface area contributed by atoms with Crippen LogP contribution in [0.2, 0.25) is 0 Å². The highest BCUT2D eigenvalue weighted by molar-refractivity contribution is 7.92. The minimum absolute atomic E-state index is 0.124. The van der Waals surface area contributed by atoms with E-state index in [1.807, 2.05) is 24.3 Å². The van der Waals surface area contributed by atoms with Crippen molar-refractivity contribution in [2.75, 3.05) is 18.9 Å². The number of ether oxygens (including phenoxy) is 2. The highest BCUT2D eigenvalue weighted by Gasteiger charge is 2.21. The molecule has 0 amide bonds. The predicted octanol–water partition coefficient (Wildman–Crippen LogP) is 3.76. The Labute approximate surface area is 152 Å². The Balaban J connectivity index is 1.77. The SMILES string of the molecule is COc1ccc(S(=O)(=O)Nc2ccc3c4c(cccc24)CC3)cc1OC. The fourth-order valence-corrected chi connectivity index (χ4v) is 4.62. The summed E-state index contributed by atoms with van der Waals surface area (Å²) < 4.78 is 38.9. The highest BCUT2D eigenvalue weighted by atomic mass is 32.2. The van der Waals surface area contributed by atoms with E-state index in [0.717, 1.165) is 18.2 Å². The number of hydrogen-bond donors (Lipinski definition) is 1. The molecule has 0 saturated carbocycles. The molecule has 0 saturated heterocycles. The maximum absolute atomic E-state index is 12.9. The summed E-state index contributed by atoms with van der Waals surface area (Å²) >= 11 is 0. The first-order chi connectivity index (χ1) is 12.5. The molecule has 1 N–H and O–H groups in total. The van der Waals surface area contributed by atoms with Gasteiger partial charge in [-0.15, -0.1) is 0 Å². The number of nitrogens with one attached hydrogen (secondary N) is 1. The Kier molecular flexibility index (Phi) is 4.00. The van der Waals surface area contributed by atoms with Crippen molar-refractivity contribution in [1.29, 1.82) is 0 Å². The van der Waals surface area contributed by atoms with Gasteiger partial charge in [-0.25, -0.2) is 8.42 Å². The summed E-state index contributed by atoms with van der Waals surface area (Å²) in [6.45, 7) is 0. The molecule has 0 atom stereocenters. The third-order valence-corrected chi connectivity index (χ3v) is 6.15. The van der Waals surface area contributed by atoms with Crippen LogP contribution in [0.4, 0.5) is 5.69 Å². The average molecular weight is 369 g/mol. The van der Waals surface area contributed by atoms with Crippen molar-refractivity contribution in [2.24, 2.45) is 0 Å². The molecular weight excluding hydrogens is 350 g/mol. The smallest absolute Gasteiger partial charge is 0.262 e. The monoisotopic (exact) mass is 369 g/mol. The Bertz CT molecular complexity index is 1100. The number of aryl methyl sites for hydroxylation is 2. The van der Waals surface area contributed by atoms with E-state index >= 15 is 0 Å². The quantitative estimate of drug-likeness (QED) is 0.744. The zero-order chi connectivity index (χ0) is 18.3. The summed E-state index contributed by atoms with van der Waals surface area (Å²) in [5, 5.41) is 2.10. The van der Waals surface area contributed by atoms with Crippen molar-refractivity contribution >= 4 is 26.5 Å². The molecule has 134 valence electrons. The first kappa shape index (κ1) is 16.7. The van der Waals surface area contributed by atoms with Gasteiger partial charge in [0.2, 0.25) is 0 Å². The summed E-state index contributed by atoms with van der Waals surface area (Å²) in [5.74, 6) is 0.854. The van der Waals surface area contributed by atoms with Gasteiger partial charge in [0.1, 0.15) is 0 Å². The predicted molar refractivity (Wildman–Crippen MR) is 102 cm³/mol. The standard InChI is InChI=1S/C20H19NO4S/c1-24-18-11-9-15(12-19(18)25-2)26(22,23)21-17-10-8-14-7-6-13-4-3-5-16(17)20(13)14/h3-5,8-12,21H,6-7H2,1-2H3. The third-order valence-electron chi connectivity index (χ3n) is 4.79. The molecule has 0 fully saturated rings. The molecule has 3 aromatic rings. The van der Waals surface area contributed by atoms with E-state index in [1.165, 1.54) is 42.9 Å². The lowest BCUT2D eigenvalue weighted by Crippen LogP contribution is -2.13. The maximum Gasteiger partial charge on any atom is 0.262 e. The van der Waals surface area contributed by atoms with Gasteiger partial charge in [-0.3, -0.25) is 4.72 Å². The molecule has 0 heterocycles. The number of benzene rings is 3. The summed E-state index contributed by atoms with van der Waals surface area (Å²) in [6, 6.07) is 14.4. The van der Waals surface area contributed by atoms with Crippen LogP contribution in [-0.2, 0) is 22.9 Å². The van der Waals surface area contributed by atoms with Crippen molar-refractivity contribution in [3.63, 3.8) is 0 Å². The molecule has 0 spiro atoms. The zero-order valence-electron chi connectivity index (χ0n) is 14.6. The number of sulfonamides is 1. The van der Waals surface area contributed by atoms with Gasteiger partial charge in [-0.2, -0.15) is 0 Å². The zero-order valence-corrected chi connectivity index (χ0v) is 15.4. The summed E-state index contributed by atoms with van der Waals surface area (Å²) in [7, 11) is -0.765. The first-order valence-corrected chi connectivity index (χ1v) is 9.80. The van der Waals surface area contributed by atoms with Crippen molar-refractivity contribution in [1.82, 2.24) is 0 Å². The molecule has 0 unspecified atom stereocenters. The summed E-state index contributed by atoms with van der Waals surface area (Å²) in [6.07, 6.45) is 2.00. The topological polar surface area (TPSA) is 64.6 Å². The van der Waals surface area contributed by atoms with E-state index in [2.05, 4.69) is 10.8 Å². The molecule has 6 heteroatoms. The van der Waals surface area contributed by atoms with E-state index in [0.29, 0.717) is 17.2 Å². The molecule has 0 aliphatic heterocycles. The number of rotatable bonds is 5. The normalized spacial score (nSPS) is 13.0. The second-order valence-electron chi connectivity index (χ2n) is 6.23. The van der Waals surface area contributed by atoms with Crippen LogP contribution in [0.1, 0.15) is 11.1 Å². The van der Waals surface area contributed by atoms with Gasteiger partial charge >= 0.3 is 0 Å². The van der Waals surface area contributed by atoms with Crippen molar-refractivity contribution in [3.05, 3.63) is 59.7 Å². The molecular formula is C20H19NO4S. The Morgan fingerprint density at radius 3 is 2.35 bits per heavy atom. The van der Waals surface area contributed by atoms with Crippen molar-refractivity contribution in [3.8, 4) is 11.5 Å². The Morgan fingerprint density at radius 2 is 1.62 bits per heavy atom. The number of hydrogen-bond acceptors (Lipinski definition) is 4. The number of anilines is 1. The molecule has 26 heavy (non-hydrogen) atoms. The van der Waals surface area contributed by atoms with Gasteiger partial charge in [0.15, 0.2) is 11.5 Å². The van der Waals surface area contributed by atoms with E-state index in [1.54, 1.807) is 6.07 Å². The van der Waals surface area contributed by atoms with Gasteiger partial charge in [0.05, 0.1) is 24.8 Å². The molecule has 4 rings (SSSR count). The van der Waals surface area contributed by atoms with Gasteiger partial charge in [0.25, 0.3) is 10.0 Å². The molecule has 3 aromatic carbocycles. The molecule has 1 aliphatic carbocycles. The van der Waals surface area contributed by atoms with Crippen LogP contribution in [0.5, 0.6) is 11.5 Å². The second-order valence-corrected chi connectivity index (χ2v) is 7.92. The fourth-order valence-electron chi connectivity index (χ4n) is 3.52. The molecule has 0 bridgehead atoms. The van der Waals surface area contributed by atoms with Crippen LogP contribution >= 0.6 is 0 Å². The van der Waals surface area contributed by atoms with E-state index in [4.69, 9.17) is 9.47 Å². The molecule has 5 nitrogen and oxygen atoms in total. The molecule has 0 aromatic heterocycles. The van der Waals surface area contributed by atoms with Crippen molar-refractivity contribution in [2.45, 2.75) is 17.7 Å². The van der Waals surface area contributed by atoms with Gasteiger partial charge in [-0.1, -0.05) is 24.3 Å². The lowest BCUT2D eigenvalue weighted by atomic mass is 10.0. The minimum atomic E-state index is -3.75. The fraction of sp³-hybridized carbons (Fsp3) is 0.200. The van der Waals surface area contributed by atoms with Crippen LogP contribution in [-0.4, -0.2) is 22.6 Å². The summed E-state index contributed by atoms with van der Waals surface area (Å²) in [4.78, 5) is 0.124. The van der Waals surface area contributed by atoms with Crippen LogP contribution in [0.15, 0.2) is 53.4 Å². The maximum atomic E-state index is 12.9. The minimum Gasteiger partial charge on any atom is -0.493 e. The molecule has 0 radical (unpaired) electrons. The summed E-state index contributed by atoms with van der Waals surface area (Å²) in [5.41, 5.74) is 3.12. The van der Waals surface area contributed by atoms with E-state index < -0.39 is 10.0 Å². The lowest BCUT2D eigenvalue weighted by molar-refractivity contribution is 0.354. The van der Waals surface area contributed by atoms with Crippen LogP contribution in [0.3, 0.4) is 0 Å². The van der Waals surface area contributed by atoms with E-state index in [9.17, 15) is 8.42 Å². The van der Waals surface area contributed by atoms with Crippen LogP contribution < -0.4 is 14.2 Å². The largest absolute Gasteiger partial charge is 0.493 e. The van der Waals surface area contributed by atoms with Gasteiger partial charge < -0.3 is 9.47 Å².